The van der Waals surface area contributed by atoms with Crippen LogP contribution in [0.15, 0.2) is 0 Å². The van der Waals surface area contributed by atoms with Crippen LogP contribution in [0.2, 0.25) is 0 Å². The maximum atomic E-state index is 12.2. The van der Waals surface area contributed by atoms with Gasteiger partial charge in [-0.2, -0.15) is 0 Å². The van der Waals surface area contributed by atoms with E-state index < -0.39 is 0 Å². The van der Waals surface area contributed by atoms with Crippen LogP contribution >= 0.6 is 0 Å². The van der Waals surface area contributed by atoms with Gasteiger partial charge < -0.3 is 4.90 Å². The lowest BCUT2D eigenvalue weighted by Gasteiger charge is -2.28. The molecule has 0 bridgehead atoms. The Morgan fingerprint density at radius 2 is 2.22 bits per heavy atom. The predicted molar refractivity (Wildman–Crippen MR) is 73.3 cm³/mol. The fourth-order valence-corrected chi connectivity index (χ4v) is 2.68. The molecule has 1 aliphatic carbocycles. The van der Waals surface area contributed by atoms with E-state index in [2.05, 4.69) is 31.1 Å². The monoisotopic (exact) mass is 253 g/mol. The number of likely N-dealkylation sites (N-methyl/N-ethyl adjacent to an activating group) is 1. The van der Waals surface area contributed by atoms with E-state index >= 15 is 0 Å². The molecule has 104 valence electrons. The molecule has 1 saturated heterocycles. The molecule has 2 unspecified atom stereocenters. The summed E-state index contributed by atoms with van der Waals surface area (Å²) in [4.78, 5) is 16.6. The van der Waals surface area contributed by atoms with E-state index in [0.717, 1.165) is 38.5 Å². The molecule has 4 nitrogen and oxygen atoms in total. The highest BCUT2D eigenvalue weighted by molar-refractivity contribution is 5.83. The molecule has 1 aliphatic heterocycles. The van der Waals surface area contributed by atoms with E-state index in [0.29, 0.717) is 11.9 Å². The zero-order chi connectivity index (χ0) is 13.1. The highest BCUT2D eigenvalue weighted by atomic mass is 16.2. The van der Waals surface area contributed by atoms with E-state index in [1.807, 2.05) is 4.90 Å². The Hall–Kier alpha value is -0.610. The Kier molecular flexibility index (Phi) is 4.62. The van der Waals surface area contributed by atoms with Crippen LogP contribution in [0, 0.1) is 0 Å². The number of nitrogens with one attached hydrogen (secondary N) is 1. The zero-order valence-electron chi connectivity index (χ0n) is 12.0. The number of nitrogens with zero attached hydrogens (tertiary/aromatic N) is 2. The molecule has 1 amide bonds. The third kappa shape index (κ3) is 3.23. The Morgan fingerprint density at radius 3 is 2.83 bits per heavy atom. The van der Waals surface area contributed by atoms with Crippen LogP contribution in [0.1, 0.15) is 46.0 Å². The second-order valence-electron chi connectivity index (χ2n) is 5.86. The first kappa shape index (κ1) is 13.8. The Balaban J connectivity index is 1.77. The first-order chi connectivity index (χ1) is 8.63. The molecule has 0 radical (unpaired) electrons. The minimum absolute atomic E-state index is 0.0726. The number of carbonyl (C=O) groups is 1. The van der Waals surface area contributed by atoms with Crippen molar-refractivity contribution in [3.05, 3.63) is 0 Å². The second kappa shape index (κ2) is 6.02. The Morgan fingerprint density at radius 1 is 1.50 bits per heavy atom. The molecule has 18 heavy (non-hydrogen) atoms. The molecule has 2 fully saturated rings. The topological polar surface area (TPSA) is 35.6 Å². The van der Waals surface area contributed by atoms with Crippen molar-refractivity contribution in [3.63, 3.8) is 0 Å². The molecule has 2 rings (SSSR count). The SMILES string of the molecule is CCCCC1NCN(CC(C)N(C)C2CC2)C1=O. The third-order valence-corrected chi connectivity index (χ3v) is 4.29. The lowest BCUT2D eigenvalue weighted by atomic mass is 10.1. The molecule has 0 aromatic carbocycles. The number of unbranched alkanes of at least 4 members (excludes halogenated alkanes) is 1. The molecule has 1 saturated carbocycles. The van der Waals surface area contributed by atoms with Gasteiger partial charge in [-0.15, -0.1) is 0 Å². The van der Waals surface area contributed by atoms with Gasteiger partial charge in [-0.3, -0.25) is 15.0 Å². The van der Waals surface area contributed by atoms with Gasteiger partial charge in [0.25, 0.3) is 0 Å². The lowest BCUT2D eigenvalue weighted by molar-refractivity contribution is -0.129. The van der Waals surface area contributed by atoms with Crippen molar-refractivity contribution >= 4 is 5.91 Å². The van der Waals surface area contributed by atoms with Gasteiger partial charge in [-0.25, -0.2) is 0 Å². The molecule has 2 aliphatic rings. The first-order valence-electron chi connectivity index (χ1n) is 7.37. The summed E-state index contributed by atoms with van der Waals surface area (Å²) in [7, 11) is 2.19. The Labute approximate surface area is 111 Å². The summed E-state index contributed by atoms with van der Waals surface area (Å²) in [6.07, 6.45) is 5.93. The average Bonchev–Trinajstić information content (AvgIpc) is 3.15. The molecule has 0 aromatic rings. The van der Waals surface area contributed by atoms with E-state index in [-0.39, 0.29) is 6.04 Å². The molecule has 0 aromatic heterocycles. The maximum absolute atomic E-state index is 12.2. The van der Waals surface area contributed by atoms with Gasteiger partial charge >= 0.3 is 0 Å². The summed E-state index contributed by atoms with van der Waals surface area (Å²) >= 11 is 0. The number of hydrogen-bond acceptors (Lipinski definition) is 3. The smallest absolute Gasteiger partial charge is 0.240 e. The van der Waals surface area contributed by atoms with E-state index in [1.54, 1.807) is 0 Å². The van der Waals surface area contributed by atoms with Crippen molar-refractivity contribution in [3.8, 4) is 0 Å². The standard InChI is InChI=1S/C14H27N3O/c1-4-5-6-13-14(18)17(10-15-13)9-11(2)16(3)12-7-8-12/h11-13,15H,4-10H2,1-3H3. The summed E-state index contributed by atoms with van der Waals surface area (Å²) < 4.78 is 0. The highest BCUT2D eigenvalue weighted by Crippen LogP contribution is 2.27. The van der Waals surface area contributed by atoms with E-state index in [4.69, 9.17) is 0 Å². The van der Waals surface area contributed by atoms with Gasteiger partial charge in [0, 0.05) is 18.6 Å². The molecule has 1 N–H and O–H groups in total. The van der Waals surface area contributed by atoms with Crippen molar-refractivity contribution in [1.29, 1.82) is 0 Å². The molecular weight excluding hydrogens is 226 g/mol. The largest absolute Gasteiger partial charge is 0.327 e. The summed E-state index contributed by atoms with van der Waals surface area (Å²) in [5, 5.41) is 3.34. The molecule has 4 heteroatoms. The molecule has 2 atom stereocenters. The fraction of sp³-hybridized carbons (Fsp3) is 0.929. The maximum Gasteiger partial charge on any atom is 0.240 e. The van der Waals surface area contributed by atoms with Crippen LogP contribution in [-0.2, 0) is 4.79 Å². The van der Waals surface area contributed by atoms with Gasteiger partial charge in [0.05, 0.1) is 12.7 Å². The summed E-state index contributed by atoms with van der Waals surface area (Å²) in [6.45, 7) is 5.99. The van der Waals surface area contributed by atoms with E-state index in [1.165, 1.54) is 12.8 Å². The predicted octanol–water partition coefficient (Wildman–Crippen LogP) is 1.42. The molecule has 1 heterocycles. The van der Waals surface area contributed by atoms with Gasteiger partial charge in [-0.05, 0) is 33.2 Å². The van der Waals surface area contributed by atoms with Crippen LogP contribution in [0.4, 0.5) is 0 Å². The van der Waals surface area contributed by atoms with Crippen LogP contribution in [0.25, 0.3) is 0 Å². The van der Waals surface area contributed by atoms with Gasteiger partial charge in [-0.1, -0.05) is 19.8 Å². The van der Waals surface area contributed by atoms with Gasteiger partial charge in [0.1, 0.15) is 0 Å². The lowest BCUT2D eigenvalue weighted by Crippen LogP contribution is -2.42. The number of hydrogen-bond donors (Lipinski definition) is 1. The van der Waals surface area contributed by atoms with Crippen molar-refractivity contribution < 1.29 is 4.79 Å². The third-order valence-electron chi connectivity index (χ3n) is 4.29. The summed E-state index contributed by atoms with van der Waals surface area (Å²) in [5.74, 6) is 0.305. The van der Waals surface area contributed by atoms with Crippen LogP contribution in [-0.4, -0.2) is 54.1 Å². The van der Waals surface area contributed by atoms with Crippen LogP contribution < -0.4 is 5.32 Å². The van der Waals surface area contributed by atoms with Crippen LogP contribution in [0.3, 0.4) is 0 Å². The second-order valence-corrected chi connectivity index (χ2v) is 5.86. The molecular formula is C14H27N3O. The van der Waals surface area contributed by atoms with Crippen LogP contribution in [0.5, 0.6) is 0 Å². The Bertz CT molecular complexity index is 291. The minimum atomic E-state index is 0.0726. The quantitative estimate of drug-likeness (QED) is 0.745. The normalized spacial score (nSPS) is 26.1. The summed E-state index contributed by atoms with van der Waals surface area (Å²) in [5.41, 5.74) is 0. The zero-order valence-corrected chi connectivity index (χ0v) is 12.0. The first-order valence-corrected chi connectivity index (χ1v) is 7.37. The average molecular weight is 253 g/mol. The minimum Gasteiger partial charge on any atom is -0.327 e. The van der Waals surface area contributed by atoms with Crippen molar-refractivity contribution in [1.82, 2.24) is 15.1 Å². The van der Waals surface area contributed by atoms with E-state index in [9.17, 15) is 4.79 Å². The number of rotatable bonds is 7. The fourth-order valence-electron chi connectivity index (χ4n) is 2.68. The highest BCUT2D eigenvalue weighted by Gasteiger charge is 2.34. The van der Waals surface area contributed by atoms with Crippen molar-refractivity contribution in [2.24, 2.45) is 0 Å². The summed E-state index contributed by atoms with van der Waals surface area (Å²) in [6, 6.07) is 1.30. The molecule has 0 spiro atoms. The van der Waals surface area contributed by atoms with Crippen molar-refractivity contribution in [2.75, 3.05) is 20.3 Å². The number of carbonyl (C=O) groups excluding carboxylic acids is 1. The number of amides is 1. The van der Waals surface area contributed by atoms with Gasteiger partial charge in [0.2, 0.25) is 5.91 Å². The van der Waals surface area contributed by atoms with Gasteiger partial charge in [0.15, 0.2) is 0 Å². The van der Waals surface area contributed by atoms with Crippen molar-refractivity contribution in [2.45, 2.75) is 64.1 Å².